The van der Waals surface area contributed by atoms with Crippen LogP contribution >= 0.6 is 34.5 Å². The van der Waals surface area contributed by atoms with Gasteiger partial charge in [-0.25, -0.2) is 0 Å². The van der Waals surface area contributed by atoms with E-state index in [1.807, 2.05) is 43.5 Å². The molecule has 1 heterocycles. The van der Waals surface area contributed by atoms with E-state index in [1.165, 1.54) is 11.3 Å². The van der Waals surface area contributed by atoms with Gasteiger partial charge >= 0.3 is 0 Å². The third-order valence-electron chi connectivity index (χ3n) is 3.87. The Morgan fingerprint density at radius 3 is 2.54 bits per heavy atom. The van der Waals surface area contributed by atoms with E-state index in [-0.39, 0.29) is 5.91 Å². The van der Waals surface area contributed by atoms with Crippen LogP contribution in [0.15, 0.2) is 47.8 Å². The Balaban J connectivity index is 1.67. The number of amides is 1. The fourth-order valence-electron chi connectivity index (χ4n) is 2.54. The van der Waals surface area contributed by atoms with Crippen molar-refractivity contribution < 1.29 is 9.53 Å². The summed E-state index contributed by atoms with van der Waals surface area (Å²) in [7, 11) is 0. The molecule has 3 aromatic rings. The fourth-order valence-corrected chi connectivity index (χ4v) is 3.68. The number of benzene rings is 2. The van der Waals surface area contributed by atoms with Crippen LogP contribution in [-0.4, -0.2) is 5.91 Å². The molecule has 134 valence electrons. The number of ether oxygens (including phenoxy) is 1. The smallest absolute Gasteiger partial charge is 0.265 e. The number of para-hydroxylation sites is 1. The van der Waals surface area contributed by atoms with Gasteiger partial charge in [0.05, 0.1) is 20.6 Å². The Bertz CT molecular complexity index is 932. The topological polar surface area (TPSA) is 38.3 Å². The van der Waals surface area contributed by atoms with Crippen molar-refractivity contribution in [2.45, 2.75) is 20.5 Å². The predicted molar refractivity (Wildman–Crippen MR) is 109 cm³/mol. The van der Waals surface area contributed by atoms with Crippen LogP contribution in [0, 0.1) is 13.8 Å². The van der Waals surface area contributed by atoms with Crippen LogP contribution in [-0.2, 0) is 6.61 Å². The van der Waals surface area contributed by atoms with Gasteiger partial charge in [-0.15, -0.1) is 11.3 Å². The molecule has 0 spiro atoms. The summed E-state index contributed by atoms with van der Waals surface area (Å²) in [6, 6.07) is 13.0. The number of carbonyl (C=O) groups excluding carboxylic acids is 1. The van der Waals surface area contributed by atoms with Gasteiger partial charge < -0.3 is 10.1 Å². The first-order valence-electron chi connectivity index (χ1n) is 7.97. The molecule has 0 fully saturated rings. The minimum absolute atomic E-state index is 0.225. The van der Waals surface area contributed by atoms with Crippen LogP contribution in [0.25, 0.3) is 0 Å². The van der Waals surface area contributed by atoms with Gasteiger partial charge in [0.1, 0.15) is 12.4 Å². The van der Waals surface area contributed by atoms with E-state index in [1.54, 1.807) is 18.2 Å². The zero-order valence-corrected chi connectivity index (χ0v) is 16.6. The molecular formula is C20H17Cl2NO2S. The Kier molecular flexibility index (Phi) is 5.87. The Morgan fingerprint density at radius 1 is 1.12 bits per heavy atom. The average molecular weight is 406 g/mol. The number of anilines is 1. The minimum Gasteiger partial charge on any atom is -0.488 e. The molecule has 0 saturated heterocycles. The predicted octanol–water partition coefficient (Wildman–Crippen LogP) is 6.50. The van der Waals surface area contributed by atoms with Crippen molar-refractivity contribution in [3.63, 3.8) is 0 Å². The highest BCUT2D eigenvalue weighted by Crippen LogP contribution is 2.30. The number of carbonyl (C=O) groups is 1. The molecule has 2 aromatic carbocycles. The first kappa shape index (κ1) is 18.8. The Labute approximate surface area is 166 Å². The number of thiophene rings is 1. The van der Waals surface area contributed by atoms with Gasteiger partial charge in [-0.1, -0.05) is 47.5 Å². The van der Waals surface area contributed by atoms with E-state index in [0.717, 1.165) is 22.4 Å². The summed E-state index contributed by atoms with van der Waals surface area (Å²) < 4.78 is 5.94. The molecule has 6 heteroatoms. The molecule has 0 aliphatic heterocycles. The number of halogens is 2. The lowest BCUT2D eigenvalue weighted by atomic mass is 10.1. The van der Waals surface area contributed by atoms with Crippen molar-refractivity contribution in [2.75, 3.05) is 5.32 Å². The highest BCUT2D eigenvalue weighted by atomic mass is 35.5. The van der Waals surface area contributed by atoms with E-state index < -0.39 is 0 Å². The lowest BCUT2D eigenvalue weighted by molar-refractivity contribution is 0.103. The van der Waals surface area contributed by atoms with Crippen molar-refractivity contribution in [3.05, 3.63) is 79.5 Å². The van der Waals surface area contributed by atoms with Gasteiger partial charge in [0.25, 0.3) is 5.91 Å². The lowest BCUT2D eigenvalue weighted by Gasteiger charge is -2.11. The van der Waals surface area contributed by atoms with Gasteiger partial charge in [-0.05, 0) is 48.6 Å². The van der Waals surface area contributed by atoms with Crippen molar-refractivity contribution in [2.24, 2.45) is 0 Å². The average Bonchev–Trinajstić information content (AvgIpc) is 3.08. The summed E-state index contributed by atoms with van der Waals surface area (Å²) in [5.74, 6) is 0.660. The SMILES string of the molecule is Cc1cccc(C)c1OCc1csc(C(=O)Nc2cccc(Cl)c2Cl)c1. The molecular weight excluding hydrogens is 389 g/mol. The highest BCUT2D eigenvalue weighted by Gasteiger charge is 2.13. The quantitative estimate of drug-likeness (QED) is 0.525. The van der Waals surface area contributed by atoms with Crippen molar-refractivity contribution in [1.29, 1.82) is 0 Å². The molecule has 0 aliphatic rings. The van der Waals surface area contributed by atoms with Crippen molar-refractivity contribution in [3.8, 4) is 5.75 Å². The maximum Gasteiger partial charge on any atom is 0.265 e. The van der Waals surface area contributed by atoms with Gasteiger partial charge in [-0.3, -0.25) is 4.79 Å². The molecule has 0 unspecified atom stereocenters. The van der Waals surface area contributed by atoms with E-state index in [2.05, 4.69) is 5.32 Å². The van der Waals surface area contributed by atoms with Crippen LogP contribution in [0.1, 0.15) is 26.4 Å². The molecule has 1 N–H and O–H groups in total. The summed E-state index contributed by atoms with van der Waals surface area (Å²) >= 11 is 13.5. The van der Waals surface area contributed by atoms with Crippen LogP contribution < -0.4 is 10.1 Å². The number of hydrogen-bond donors (Lipinski definition) is 1. The largest absolute Gasteiger partial charge is 0.488 e. The second-order valence-corrected chi connectivity index (χ2v) is 7.58. The third-order valence-corrected chi connectivity index (χ3v) is 5.67. The first-order valence-corrected chi connectivity index (χ1v) is 9.61. The summed E-state index contributed by atoms with van der Waals surface area (Å²) in [4.78, 5) is 13.0. The van der Waals surface area contributed by atoms with Crippen LogP contribution in [0.3, 0.4) is 0 Å². The summed E-state index contributed by atoms with van der Waals surface area (Å²) in [5, 5.41) is 5.44. The molecule has 26 heavy (non-hydrogen) atoms. The number of aryl methyl sites for hydroxylation is 2. The number of rotatable bonds is 5. The fraction of sp³-hybridized carbons (Fsp3) is 0.150. The van der Waals surface area contributed by atoms with Gasteiger partial charge in [0.15, 0.2) is 0 Å². The lowest BCUT2D eigenvalue weighted by Crippen LogP contribution is -2.10. The van der Waals surface area contributed by atoms with E-state index in [4.69, 9.17) is 27.9 Å². The molecule has 3 nitrogen and oxygen atoms in total. The number of nitrogens with one attached hydrogen (secondary N) is 1. The standard InChI is InChI=1S/C20H17Cl2NO2S/c1-12-5-3-6-13(2)19(12)25-10-14-9-17(26-11-14)20(24)23-16-8-4-7-15(21)18(16)22/h3-9,11H,10H2,1-2H3,(H,23,24). The molecule has 1 aromatic heterocycles. The number of hydrogen-bond acceptors (Lipinski definition) is 3. The van der Waals surface area contributed by atoms with Crippen molar-refractivity contribution in [1.82, 2.24) is 0 Å². The van der Waals surface area contributed by atoms with Gasteiger partial charge in [-0.2, -0.15) is 0 Å². The van der Waals surface area contributed by atoms with E-state index >= 15 is 0 Å². The highest BCUT2D eigenvalue weighted by molar-refractivity contribution is 7.12. The Hall–Kier alpha value is -2.01. The summed E-state index contributed by atoms with van der Waals surface area (Å²) in [6.45, 7) is 4.44. The summed E-state index contributed by atoms with van der Waals surface area (Å²) in [6.07, 6.45) is 0. The maximum atomic E-state index is 12.4. The molecule has 0 atom stereocenters. The van der Waals surface area contributed by atoms with Crippen molar-refractivity contribution >= 4 is 46.1 Å². The normalized spacial score (nSPS) is 10.6. The molecule has 0 aliphatic carbocycles. The molecule has 0 radical (unpaired) electrons. The molecule has 0 saturated carbocycles. The van der Waals surface area contributed by atoms with Crippen LogP contribution in [0.2, 0.25) is 10.0 Å². The zero-order valence-electron chi connectivity index (χ0n) is 14.3. The molecule has 3 rings (SSSR count). The minimum atomic E-state index is -0.225. The van der Waals surface area contributed by atoms with Gasteiger partial charge in [0, 0.05) is 5.56 Å². The first-order chi connectivity index (χ1) is 12.5. The molecule has 0 bridgehead atoms. The second-order valence-electron chi connectivity index (χ2n) is 5.88. The zero-order chi connectivity index (χ0) is 18.7. The van der Waals surface area contributed by atoms with Gasteiger partial charge in [0.2, 0.25) is 0 Å². The Morgan fingerprint density at radius 2 is 1.81 bits per heavy atom. The second kappa shape index (κ2) is 8.12. The maximum absolute atomic E-state index is 12.4. The van der Waals surface area contributed by atoms with Crippen LogP contribution in [0.4, 0.5) is 5.69 Å². The van der Waals surface area contributed by atoms with E-state index in [0.29, 0.717) is 27.2 Å². The van der Waals surface area contributed by atoms with E-state index in [9.17, 15) is 4.79 Å². The third kappa shape index (κ3) is 4.21. The summed E-state index contributed by atoms with van der Waals surface area (Å²) in [5.41, 5.74) is 3.62. The van der Waals surface area contributed by atoms with Crippen LogP contribution in [0.5, 0.6) is 5.75 Å². The molecule has 1 amide bonds. The monoisotopic (exact) mass is 405 g/mol.